The van der Waals surface area contributed by atoms with Crippen LogP contribution < -0.4 is 10.6 Å². The molecule has 0 aromatic heterocycles. The summed E-state index contributed by atoms with van der Waals surface area (Å²) in [6, 6.07) is 16.0. The zero-order valence-electron chi connectivity index (χ0n) is 11.7. The van der Waals surface area contributed by atoms with Crippen LogP contribution in [-0.2, 0) is 6.54 Å². The van der Waals surface area contributed by atoms with Crippen molar-refractivity contribution in [1.29, 1.82) is 0 Å². The standard InChI is InChI=1S/C16H19N3O/c1-12-6-3-4-7-14(12)11-19(2)15-9-5-8-13(10-15)16(17)18-20/h3-10,20H,11H2,1-2H3,(H2,17,18). The van der Waals surface area contributed by atoms with Crippen LogP contribution in [0, 0.1) is 6.92 Å². The molecule has 0 atom stereocenters. The van der Waals surface area contributed by atoms with Crippen LogP contribution in [0.15, 0.2) is 53.7 Å². The molecule has 0 saturated carbocycles. The molecule has 0 bridgehead atoms. The lowest BCUT2D eigenvalue weighted by Crippen LogP contribution is -2.18. The Morgan fingerprint density at radius 1 is 1.20 bits per heavy atom. The predicted octanol–water partition coefficient (Wildman–Crippen LogP) is 2.73. The second-order valence-electron chi connectivity index (χ2n) is 4.82. The van der Waals surface area contributed by atoms with Gasteiger partial charge in [0.25, 0.3) is 0 Å². The quantitative estimate of drug-likeness (QED) is 0.388. The van der Waals surface area contributed by atoms with Crippen LogP contribution >= 0.6 is 0 Å². The average Bonchev–Trinajstić information content (AvgIpc) is 2.49. The number of nitrogens with zero attached hydrogens (tertiary/aromatic N) is 2. The molecular weight excluding hydrogens is 250 g/mol. The first-order chi connectivity index (χ1) is 9.61. The fraction of sp³-hybridized carbons (Fsp3) is 0.188. The first-order valence-corrected chi connectivity index (χ1v) is 6.45. The minimum Gasteiger partial charge on any atom is -0.409 e. The van der Waals surface area contributed by atoms with E-state index in [0.29, 0.717) is 5.56 Å². The summed E-state index contributed by atoms with van der Waals surface area (Å²) >= 11 is 0. The molecule has 2 rings (SSSR count). The Bertz CT molecular complexity index is 623. The molecule has 4 heteroatoms. The molecule has 4 nitrogen and oxygen atoms in total. The Balaban J connectivity index is 2.21. The molecule has 0 spiro atoms. The number of nitrogens with two attached hydrogens (primary N) is 1. The Hall–Kier alpha value is -2.49. The van der Waals surface area contributed by atoms with Crippen molar-refractivity contribution < 1.29 is 5.21 Å². The first kappa shape index (κ1) is 13.9. The van der Waals surface area contributed by atoms with Crippen molar-refractivity contribution in [2.45, 2.75) is 13.5 Å². The number of anilines is 1. The van der Waals surface area contributed by atoms with E-state index in [4.69, 9.17) is 10.9 Å². The van der Waals surface area contributed by atoms with Gasteiger partial charge in [0, 0.05) is 24.8 Å². The second-order valence-corrected chi connectivity index (χ2v) is 4.82. The number of hydrogen-bond donors (Lipinski definition) is 2. The summed E-state index contributed by atoms with van der Waals surface area (Å²) in [6.07, 6.45) is 0. The topological polar surface area (TPSA) is 61.8 Å². The van der Waals surface area contributed by atoms with E-state index in [0.717, 1.165) is 12.2 Å². The van der Waals surface area contributed by atoms with Crippen molar-refractivity contribution in [2.24, 2.45) is 10.9 Å². The van der Waals surface area contributed by atoms with Crippen LogP contribution in [0.1, 0.15) is 16.7 Å². The number of benzene rings is 2. The molecule has 0 unspecified atom stereocenters. The highest BCUT2D eigenvalue weighted by Gasteiger charge is 2.06. The third-order valence-electron chi connectivity index (χ3n) is 3.36. The Morgan fingerprint density at radius 3 is 2.65 bits per heavy atom. The first-order valence-electron chi connectivity index (χ1n) is 6.45. The van der Waals surface area contributed by atoms with Gasteiger partial charge >= 0.3 is 0 Å². The van der Waals surface area contributed by atoms with Gasteiger partial charge in [0.05, 0.1) is 0 Å². The fourth-order valence-corrected chi connectivity index (χ4v) is 2.09. The Kier molecular flexibility index (Phi) is 4.25. The second kappa shape index (κ2) is 6.10. The molecule has 0 heterocycles. The summed E-state index contributed by atoms with van der Waals surface area (Å²) in [6.45, 7) is 2.92. The van der Waals surface area contributed by atoms with E-state index in [2.05, 4.69) is 29.1 Å². The Labute approximate surface area is 119 Å². The van der Waals surface area contributed by atoms with Crippen LogP contribution in [0.3, 0.4) is 0 Å². The van der Waals surface area contributed by atoms with Crippen molar-refractivity contribution in [3.63, 3.8) is 0 Å². The third-order valence-corrected chi connectivity index (χ3v) is 3.36. The van der Waals surface area contributed by atoms with Gasteiger partial charge in [0.1, 0.15) is 0 Å². The maximum Gasteiger partial charge on any atom is 0.170 e. The van der Waals surface area contributed by atoms with Crippen molar-refractivity contribution in [3.8, 4) is 0 Å². The van der Waals surface area contributed by atoms with Gasteiger partial charge in [-0.25, -0.2) is 0 Å². The van der Waals surface area contributed by atoms with Crippen LogP contribution in [0.4, 0.5) is 5.69 Å². The molecule has 0 aliphatic rings. The maximum atomic E-state index is 8.74. The highest BCUT2D eigenvalue weighted by atomic mass is 16.4. The summed E-state index contributed by atoms with van der Waals surface area (Å²) in [7, 11) is 2.03. The highest BCUT2D eigenvalue weighted by molar-refractivity contribution is 5.97. The summed E-state index contributed by atoms with van der Waals surface area (Å²) < 4.78 is 0. The van der Waals surface area contributed by atoms with Gasteiger partial charge < -0.3 is 15.8 Å². The lowest BCUT2D eigenvalue weighted by atomic mass is 10.1. The number of oxime groups is 1. The summed E-state index contributed by atoms with van der Waals surface area (Å²) in [5.74, 6) is 0.121. The lowest BCUT2D eigenvalue weighted by molar-refractivity contribution is 0.318. The molecular formula is C16H19N3O. The minimum atomic E-state index is 0.121. The predicted molar refractivity (Wildman–Crippen MR) is 82.2 cm³/mol. The number of hydrogen-bond acceptors (Lipinski definition) is 3. The van der Waals surface area contributed by atoms with Crippen molar-refractivity contribution in [3.05, 3.63) is 65.2 Å². The molecule has 20 heavy (non-hydrogen) atoms. The van der Waals surface area contributed by atoms with Gasteiger partial charge in [-0.2, -0.15) is 0 Å². The normalized spacial score (nSPS) is 11.4. The highest BCUT2D eigenvalue weighted by Crippen LogP contribution is 2.18. The zero-order valence-corrected chi connectivity index (χ0v) is 11.7. The van der Waals surface area contributed by atoms with Crippen LogP contribution in [0.25, 0.3) is 0 Å². The molecule has 104 valence electrons. The molecule has 2 aromatic rings. The van der Waals surface area contributed by atoms with E-state index < -0.39 is 0 Å². The molecule has 2 aromatic carbocycles. The number of aryl methyl sites for hydroxylation is 1. The van der Waals surface area contributed by atoms with Gasteiger partial charge in [0.2, 0.25) is 0 Å². The smallest absolute Gasteiger partial charge is 0.170 e. The molecule has 0 aliphatic heterocycles. The van der Waals surface area contributed by atoms with Gasteiger partial charge in [0.15, 0.2) is 5.84 Å². The van der Waals surface area contributed by atoms with Crippen molar-refractivity contribution >= 4 is 11.5 Å². The van der Waals surface area contributed by atoms with Gasteiger partial charge in [-0.3, -0.25) is 0 Å². The molecule has 0 radical (unpaired) electrons. The van der Waals surface area contributed by atoms with E-state index in [1.165, 1.54) is 11.1 Å². The van der Waals surface area contributed by atoms with Crippen molar-refractivity contribution in [2.75, 3.05) is 11.9 Å². The van der Waals surface area contributed by atoms with E-state index in [9.17, 15) is 0 Å². The van der Waals surface area contributed by atoms with Gasteiger partial charge in [-0.1, -0.05) is 41.6 Å². The molecule has 0 amide bonds. The van der Waals surface area contributed by atoms with Crippen LogP contribution in [0.2, 0.25) is 0 Å². The van der Waals surface area contributed by atoms with E-state index in [-0.39, 0.29) is 5.84 Å². The van der Waals surface area contributed by atoms with Crippen LogP contribution in [-0.4, -0.2) is 18.1 Å². The maximum absolute atomic E-state index is 8.74. The molecule has 0 fully saturated rings. The zero-order chi connectivity index (χ0) is 14.5. The summed E-state index contributed by atoms with van der Waals surface area (Å²) in [4.78, 5) is 2.14. The third kappa shape index (κ3) is 3.09. The molecule has 0 saturated heterocycles. The van der Waals surface area contributed by atoms with E-state index >= 15 is 0 Å². The largest absolute Gasteiger partial charge is 0.409 e. The minimum absolute atomic E-state index is 0.121. The van der Waals surface area contributed by atoms with Crippen LogP contribution in [0.5, 0.6) is 0 Å². The van der Waals surface area contributed by atoms with Gasteiger partial charge in [-0.15, -0.1) is 0 Å². The molecule has 3 N–H and O–H groups in total. The number of rotatable bonds is 4. The fourth-order valence-electron chi connectivity index (χ4n) is 2.09. The van der Waals surface area contributed by atoms with Gasteiger partial charge in [-0.05, 0) is 30.2 Å². The average molecular weight is 269 g/mol. The SMILES string of the molecule is Cc1ccccc1CN(C)c1cccc(C(N)=NO)c1. The van der Waals surface area contributed by atoms with E-state index in [1.807, 2.05) is 43.4 Å². The molecule has 0 aliphatic carbocycles. The Morgan fingerprint density at radius 2 is 1.95 bits per heavy atom. The monoisotopic (exact) mass is 269 g/mol. The van der Waals surface area contributed by atoms with Crippen molar-refractivity contribution in [1.82, 2.24) is 0 Å². The summed E-state index contributed by atoms with van der Waals surface area (Å²) in [5, 5.41) is 11.8. The number of amidine groups is 1. The summed E-state index contributed by atoms with van der Waals surface area (Å²) in [5.41, 5.74) is 9.91. The lowest BCUT2D eigenvalue weighted by Gasteiger charge is -2.21. The van der Waals surface area contributed by atoms with E-state index in [1.54, 1.807) is 0 Å².